The highest BCUT2D eigenvalue weighted by Gasteiger charge is 2.29. The van der Waals surface area contributed by atoms with Crippen molar-refractivity contribution in [2.45, 2.75) is 50.8 Å². The molecule has 2 fully saturated rings. The number of hydrogen-bond donors (Lipinski definition) is 1. The Labute approximate surface area is 220 Å². The van der Waals surface area contributed by atoms with E-state index in [-0.39, 0.29) is 11.2 Å². The van der Waals surface area contributed by atoms with Gasteiger partial charge in [0, 0.05) is 57.8 Å². The van der Waals surface area contributed by atoms with Gasteiger partial charge >= 0.3 is 0 Å². The Balaban J connectivity index is 1.25. The normalized spacial score (nSPS) is 17.2. The fourth-order valence-corrected chi connectivity index (χ4v) is 5.84. The number of rotatable bonds is 12. The predicted octanol–water partition coefficient (Wildman–Crippen LogP) is 2.36. The van der Waals surface area contributed by atoms with E-state index in [0.717, 1.165) is 50.2 Å². The van der Waals surface area contributed by atoms with Crippen LogP contribution in [0.15, 0.2) is 24.3 Å². The van der Waals surface area contributed by atoms with Crippen LogP contribution in [0.4, 0.5) is 0 Å². The van der Waals surface area contributed by atoms with Gasteiger partial charge in [-0.05, 0) is 45.2 Å². The van der Waals surface area contributed by atoms with Gasteiger partial charge in [0.1, 0.15) is 5.69 Å². The number of ether oxygens (including phenoxy) is 2. The minimum atomic E-state index is -3.19. The van der Waals surface area contributed by atoms with Crippen LogP contribution in [0.3, 0.4) is 0 Å². The third-order valence-corrected chi connectivity index (χ3v) is 9.27. The van der Waals surface area contributed by atoms with Gasteiger partial charge in [0.25, 0.3) is 5.91 Å². The monoisotopic (exact) mass is 533 g/mol. The molecule has 2 aliphatic rings. The largest absolute Gasteiger partial charge is 0.493 e. The molecule has 0 bridgehead atoms. The first-order valence-corrected chi connectivity index (χ1v) is 14.5. The Kier molecular flexibility index (Phi) is 8.76. The lowest BCUT2D eigenvalue weighted by molar-refractivity contribution is 0.0941. The van der Waals surface area contributed by atoms with Gasteiger partial charge in [-0.2, -0.15) is 9.40 Å². The van der Waals surface area contributed by atoms with E-state index in [9.17, 15) is 13.2 Å². The maximum absolute atomic E-state index is 12.8. The third kappa shape index (κ3) is 6.63. The average molecular weight is 534 g/mol. The van der Waals surface area contributed by atoms with Crippen molar-refractivity contribution in [3.05, 3.63) is 41.2 Å². The first kappa shape index (κ1) is 27.4. The molecule has 1 aromatic carbocycles. The fourth-order valence-electron chi connectivity index (χ4n) is 4.57. The molecule has 1 N–H and O–H groups in total. The molecule has 0 unspecified atom stereocenters. The SMILES string of the molecule is COc1c(CNC(=O)c2cc(C3CC3)nn2C)cccc1OCCCN1CCN(S(=O)(=O)C(C)C)CC1. The smallest absolute Gasteiger partial charge is 0.269 e. The lowest BCUT2D eigenvalue weighted by Crippen LogP contribution is -2.50. The number of nitrogens with zero attached hydrogens (tertiary/aromatic N) is 4. The molecule has 1 aliphatic heterocycles. The van der Waals surface area contributed by atoms with Gasteiger partial charge in [-0.25, -0.2) is 8.42 Å². The van der Waals surface area contributed by atoms with Crippen molar-refractivity contribution in [3.63, 3.8) is 0 Å². The first-order chi connectivity index (χ1) is 17.7. The molecule has 2 heterocycles. The summed E-state index contributed by atoms with van der Waals surface area (Å²) in [6.07, 6.45) is 3.09. The standard InChI is InChI=1S/C26H39N5O5S/c1-19(2)37(33,34)31-14-12-30(13-15-31)11-6-16-36-24-8-5-7-21(25(24)35-4)18-27-26(32)23-17-22(20-9-10-20)28-29(23)3/h5,7-8,17,19-20H,6,9-16,18H2,1-4H3,(H,27,32). The van der Waals surface area contributed by atoms with E-state index in [2.05, 4.69) is 15.3 Å². The number of benzene rings is 1. The van der Waals surface area contributed by atoms with Crippen molar-refractivity contribution in [2.24, 2.45) is 7.05 Å². The predicted molar refractivity (Wildman–Crippen MR) is 142 cm³/mol. The molecule has 37 heavy (non-hydrogen) atoms. The number of nitrogens with one attached hydrogen (secondary N) is 1. The zero-order valence-electron chi connectivity index (χ0n) is 22.3. The fraction of sp³-hybridized carbons (Fsp3) is 0.615. The maximum Gasteiger partial charge on any atom is 0.269 e. The highest BCUT2D eigenvalue weighted by Crippen LogP contribution is 2.39. The van der Waals surface area contributed by atoms with Crippen LogP contribution in [0.1, 0.15) is 60.8 Å². The summed E-state index contributed by atoms with van der Waals surface area (Å²) in [6.45, 7) is 7.62. The highest BCUT2D eigenvalue weighted by molar-refractivity contribution is 7.89. The minimum Gasteiger partial charge on any atom is -0.493 e. The number of carbonyl (C=O) groups is 1. The van der Waals surface area contributed by atoms with Gasteiger partial charge in [-0.15, -0.1) is 0 Å². The Bertz CT molecular complexity index is 1180. The van der Waals surface area contributed by atoms with E-state index in [4.69, 9.17) is 9.47 Å². The molecule has 1 saturated heterocycles. The van der Waals surface area contributed by atoms with Crippen molar-refractivity contribution in [1.82, 2.24) is 24.3 Å². The number of carbonyl (C=O) groups excluding carboxylic acids is 1. The zero-order valence-corrected chi connectivity index (χ0v) is 23.1. The Morgan fingerprint density at radius 1 is 1.19 bits per heavy atom. The van der Waals surface area contributed by atoms with E-state index >= 15 is 0 Å². The minimum absolute atomic E-state index is 0.170. The maximum atomic E-state index is 12.8. The average Bonchev–Trinajstić information content (AvgIpc) is 3.66. The molecule has 10 nitrogen and oxygen atoms in total. The number of sulfonamides is 1. The molecule has 11 heteroatoms. The first-order valence-electron chi connectivity index (χ1n) is 13.0. The van der Waals surface area contributed by atoms with Crippen molar-refractivity contribution in [2.75, 3.05) is 46.4 Å². The van der Waals surface area contributed by atoms with Crippen LogP contribution in [0.5, 0.6) is 11.5 Å². The second-order valence-corrected chi connectivity index (χ2v) is 12.5. The quantitative estimate of drug-likeness (QED) is 0.418. The molecule has 1 aliphatic carbocycles. The van der Waals surface area contributed by atoms with Crippen molar-refractivity contribution in [1.29, 1.82) is 0 Å². The Morgan fingerprint density at radius 3 is 2.57 bits per heavy atom. The van der Waals surface area contributed by atoms with E-state index < -0.39 is 10.0 Å². The molecule has 1 aromatic heterocycles. The lowest BCUT2D eigenvalue weighted by atomic mass is 10.1. The van der Waals surface area contributed by atoms with Gasteiger partial charge < -0.3 is 19.7 Å². The molecule has 0 radical (unpaired) electrons. The highest BCUT2D eigenvalue weighted by atomic mass is 32.2. The third-order valence-electron chi connectivity index (χ3n) is 6.99. The van der Waals surface area contributed by atoms with Gasteiger partial charge in [0.05, 0.1) is 24.7 Å². The lowest BCUT2D eigenvalue weighted by Gasteiger charge is -2.34. The number of aromatic nitrogens is 2. The van der Waals surface area contributed by atoms with Crippen molar-refractivity contribution >= 4 is 15.9 Å². The number of piperazine rings is 1. The van der Waals surface area contributed by atoms with Crippen LogP contribution in [0.2, 0.25) is 0 Å². The van der Waals surface area contributed by atoms with E-state index in [1.54, 1.807) is 37.0 Å². The van der Waals surface area contributed by atoms with Crippen LogP contribution in [0, 0.1) is 0 Å². The number of methoxy groups -OCH3 is 1. The molecule has 204 valence electrons. The van der Waals surface area contributed by atoms with Gasteiger partial charge in [0.15, 0.2) is 11.5 Å². The Hall–Kier alpha value is -2.63. The molecule has 0 spiro atoms. The zero-order chi connectivity index (χ0) is 26.6. The summed E-state index contributed by atoms with van der Waals surface area (Å²) in [4.78, 5) is 15.0. The van der Waals surface area contributed by atoms with Crippen LogP contribution in [-0.2, 0) is 23.6 Å². The topological polar surface area (TPSA) is 106 Å². The van der Waals surface area contributed by atoms with Crippen LogP contribution >= 0.6 is 0 Å². The molecule has 0 atom stereocenters. The number of hydrogen-bond acceptors (Lipinski definition) is 7. The van der Waals surface area contributed by atoms with E-state index in [1.807, 2.05) is 24.3 Å². The second kappa shape index (κ2) is 11.8. The summed E-state index contributed by atoms with van der Waals surface area (Å²) in [5.74, 6) is 1.57. The van der Waals surface area contributed by atoms with Crippen LogP contribution in [-0.4, -0.2) is 85.0 Å². The number of para-hydroxylation sites is 1. The molecular formula is C26H39N5O5S. The van der Waals surface area contributed by atoms with Gasteiger partial charge in [-0.3, -0.25) is 9.48 Å². The summed E-state index contributed by atoms with van der Waals surface area (Å²) in [5, 5.41) is 7.06. The number of amides is 1. The molecular weight excluding hydrogens is 494 g/mol. The van der Waals surface area contributed by atoms with E-state index in [1.165, 1.54) is 0 Å². The molecule has 4 rings (SSSR count). The molecule has 2 aromatic rings. The molecule has 1 saturated carbocycles. The van der Waals surface area contributed by atoms with Crippen molar-refractivity contribution < 1.29 is 22.7 Å². The van der Waals surface area contributed by atoms with E-state index in [0.29, 0.717) is 49.4 Å². The van der Waals surface area contributed by atoms with Crippen LogP contribution < -0.4 is 14.8 Å². The number of aryl methyl sites for hydroxylation is 1. The summed E-state index contributed by atoms with van der Waals surface area (Å²) < 4.78 is 39.6. The van der Waals surface area contributed by atoms with Crippen molar-refractivity contribution in [3.8, 4) is 11.5 Å². The summed E-state index contributed by atoms with van der Waals surface area (Å²) in [5.41, 5.74) is 2.37. The van der Waals surface area contributed by atoms with Crippen LogP contribution in [0.25, 0.3) is 0 Å². The van der Waals surface area contributed by atoms with Gasteiger partial charge in [-0.1, -0.05) is 12.1 Å². The summed E-state index contributed by atoms with van der Waals surface area (Å²) >= 11 is 0. The second-order valence-electron chi connectivity index (χ2n) is 10.0. The summed E-state index contributed by atoms with van der Waals surface area (Å²) in [7, 11) is 0.206. The molecule has 1 amide bonds. The van der Waals surface area contributed by atoms with Gasteiger partial charge in [0.2, 0.25) is 10.0 Å². The Morgan fingerprint density at radius 2 is 1.92 bits per heavy atom. The summed E-state index contributed by atoms with van der Waals surface area (Å²) in [6, 6.07) is 7.55.